The van der Waals surface area contributed by atoms with Crippen LogP contribution in [0.4, 0.5) is 0 Å². The first kappa shape index (κ1) is 12.6. The van der Waals surface area contributed by atoms with Gasteiger partial charge in [-0.3, -0.25) is 9.48 Å². The summed E-state index contributed by atoms with van der Waals surface area (Å²) in [7, 11) is 1.84. The maximum atomic E-state index is 12.3. The zero-order chi connectivity index (χ0) is 13.1. The standard InChI is InChI=1S/C15H18N2O/c1-4-5-12-6-8-13(9-7-12)15(18)14-10-16-17(3)11(14)2/h6-10H,4-5H2,1-3H3. The zero-order valence-electron chi connectivity index (χ0n) is 11.1. The van der Waals surface area contributed by atoms with Crippen molar-refractivity contribution in [2.75, 3.05) is 0 Å². The lowest BCUT2D eigenvalue weighted by Crippen LogP contribution is -2.03. The van der Waals surface area contributed by atoms with E-state index in [2.05, 4.69) is 12.0 Å². The third-order valence-electron chi connectivity index (χ3n) is 3.23. The van der Waals surface area contributed by atoms with E-state index in [1.807, 2.05) is 38.2 Å². The van der Waals surface area contributed by atoms with Gasteiger partial charge in [-0.25, -0.2) is 0 Å². The van der Waals surface area contributed by atoms with E-state index in [-0.39, 0.29) is 5.78 Å². The summed E-state index contributed by atoms with van der Waals surface area (Å²) in [4.78, 5) is 12.3. The lowest BCUT2D eigenvalue weighted by Gasteiger charge is -2.03. The van der Waals surface area contributed by atoms with Crippen molar-refractivity contribution >= 4 is 5.78 Å². The van der Waals surface area contributed by atoms with Gasteiger partial charge in [-0.1, -0.05) is 37.6 Å². The second kappa shape index (κ2) is 5.17. The van der Waals surface area contributed by atoms with E-state index < -0.39 is 0 Å². The molecule has 0 aliphatic heterocycles. The molecular weight excluding hydrogens is 224 g/mol. The lowest BCUT2D eigenvalue weighted by atomic mass is 10.0. The summed E-state index contributed by atoms with van der Waals surface area (Å²) in [5.74, 6) is 0.0450. The highest BCUT2D eigenvalue weighted by Crippen LogP contribution is 2.14. The number of nitrogens with zero attached hydrogens (tertiary/aromatic N) is 2. The Hall–Kier alpha value is -1.90. The van der Waals surface area contributed by atoms with Gasteiger partial charge in [0.2, 0.25) is 0 Å². The Balaban J connectivity index is 2.26. The summed E-state index contributed by atoms with van der Waals surface area (Å²) in [5.41, 5.74) is 3.58. The number of benzene rings is 1. The summed E-state index contributed by atoms with van der Waals surface area (Å²) < 4.78 is 1.72. The first-order valence-electron chi connectivity index (χ1n) is 6.25. The van der Waals surface area contributed by atoms with Gasteiger partial charge >= 0.3 is 0 Å². The Labute approximate surface area is 107 Å². The number of carbonyl (C=O) groups excluding carboxylic acids is 1. The number of rotatable bonds is 4. The van der Waals surface area contributed by atoms with Gasteiger partial charge in [0.05, 0.1) is 11.8 Å². The summed E-state index contributed by atoms with van der Waals surface area (Å²) >= 11 is 0. The average Bonchev–Trinajstić information content (AvgIpc) is 2.71. The van der Waals surface area contributed by atoms with Crippen LogP contribution in [-0.4, -0.2) is 15.6 Å². The van der Waals surface area contributed by atoms with Gasteiger partial charge in [0.15, 0.2) is 5.78 Å². The summed E-state index contributed by atoms with van der Waals surface area (Å²) in [6.45, 7) is 4.06. The minimum Gasteiger partial charge on any atom is -0.288 e. The molecular formula is C15H18N2O. The van der Waals surface area contributed by atoms with Gasteiger partial charge in [-0.2, -0.15) is 5.10 Å². The molecule has 0 saturated heterocycles. The van der Waals surface area contributed by atoms with Crippen molar-refractivity contribution in [3.63, 3.8) is 0 Å². The third kappa shape index (κ3) is 2.35. The van der Waals surface area contributed by atoms with E-state index in [4.69, 9.17) is 0 Å². The van der Waals surface area contributed by atoms with Crippen molar-refractivity contribution in [3.8, 4) is 0 Å². The SMILES string of the molecule is CCCc1ccc(C(=O)c2cnn(C)c2C)cc1. The van der Waals surface area contributed by atoms with Crippen LogP contribution in [0.3, 0.4) is 0 Å². The largest absolute Gasteiger partial charge is 0.288 e. The second-order valence-electron chi connectivity index (χ2n) is 4.54. The molecule has 0 radical (unpaired) electrons. The van der Waals surface area contributed by atoms with E-state index in [0.29, 0.717) is 5.56 Å². The number of carbonyl (C=O) groups is 1. The van der Waals surface area contributed by atoms with Crippen molar-refractivity contribution in [1.82, 2.24) is 9.78 Å². The predicted octanol–water partition coefficient (Wildman–Crippen LogP) is 2.91. The second-order valence-corrected chi connectivity index (χ2v) is 4.54. The Morgan fingerprint density at radius 2 is 1.94 bits per heavy atom. The van der Waals surface area contributed by atoms with Gasteiger partial charge in [-0.05, 0) is 18.9 Å². The van der Waals surface area contributed by atoms with Gasteiger partial charge in [0, 0.05) is 18.3 Å². The minimum atomic E-state index is 0.0450. The summed E-state index contributed by atoms with van der Waals surface area (Å²) in [6, 6.07) is 7.87. The number of aromatic nitrogens is 2. The maximum Gasteiger partial charge on any atom is 0.196 e. The molecule has 0 aliphatic rings. The normalized spacial score (nSPS) is 10.6. The first-order chi connectivity index (χ1) is 8.63. The van der Waals surface area contributed by atoms with Crippen molar-refractivity contribution in [2.45, 2.75) is 26.7 Å². The highest BCUT2D eigenvalue weighted by molar-refractivity contribution is 6.09. The molecule has 2 rings (SSSR count). The smallest absolute Gasteiger partial charge is 0.196 e. The molecule has 0 spiro atoms. The van der Waals surface area contributed by atoms with E-state index in [0.717, 1.165) is 24.1 Å². The molecule has 0 fully saturated rings. The average molecular weight is 242 g/mol. The van der Waals surface area contributed by atoms with Crippen LogP contribution in [0.15, 0.2) is 30.5 Å². The number of hydrogen-bond donors (Lipinski definition) is 0. The molecule has 3 heteroatoms. The van der Waals surface area contributed by atoms with Crippen molar-refractivity contribution < 1.29 is 4.79 Å². The molecule has 94 valence electrons. The van der Waals surface area contributed by atoms with Crippen LogP contribution in [0.1, 0.15) is 40.5 Å². The fraction of sp³-hybridized carbons (Fsp3) is 0.333. The molecule has 0 bridgehead atoms. The molecule has 18 heavy (non-hydrogen) atoms. The Bertz CT molecular complexity index is 552. The molecule has 2 aromatic rings. The molecule has 0 atom stereocenters. The van der Waals surface area contributed by atoms with Gasteiger partial charge in [-0.15, -0.1) is 0 Å². The highest BCUT2D eigenvalue weighted by atomic mass is 16.1. The first-order valence-corrected chi connectivity index (χ1v) is 6.25. The fourth-order valence-electron chi connectivity index (χ4n) is 1.99. The minimum absolute atomic E-state index is 0.0450. The molecule has 0 N–H and O–H groups in total. The zero-order valence-corrected chi connectivity index (χ0v) is 11.1. The molecule has 3 nitrogen and oxygen atoms in total. The Morgan fingerprint density at radius 1 is 1.28 bits per heavy atom. The number of hydrogen-bond acceptors (Lipinski definition) is 2. The monoisotopic (exact) mass is 242 g/mol. The van der Waals surface area contributed by atoms with Crippen LogP contribution < -0.4 is 0 Å². The highest BCUT2D eigenvalue weighted by Gasteiger charge is 2.14. The number of ketones is 1. The van der Waals surface area contributed by atoms with Crippen molar-refractivity contribution in [3.05, 3.63) is 52.8 Å². The topological polar surface area (TPSA) is 34.9 Å². The third-order valence-corrected chi connectivity index (χ3v) is 3.23. The summed E-state index contributed by atoms with van der Waals surface area (Å²) in [5, 5.41) is 4.11. The van der Waals surface area contributed by atoms with E-state index in [1.165, 1.54) is 5.56 Å². The van der Waals surface area contributed by atoms with E-state index in [9.17, 15) is 4.79 Å². The molecule has 0 unspecified atom stereocenters. The quantitative estimate of drug-likeness (QED) is 0.773. The van der Waals surface area contributed by atoms with Crippen LogP contribution in [0.25, 0.3) is 0 Å². The number of aryl methyl sites for hydroxylation is 2. The predicted molar refractivity (Wildman–Crippen MR) is 71.8 cm³/mol. The Kier molecular flexibility index (Phi) is 3.60. The van der Waals surface area contributed by atoms with Gasteiger partial charge in [0.25, 0.3) is 0 Å². The molecule has 0 aliphatic carbocycles. The van der Waals surface area contributed by atoms with Crippen LogP contribution in [0, 0.1) is 6.92 Å². The van der Waals surface area contributed by atoms with Crippen LogP contribution >= 0.6 is 0 Å². The van der Waals surface area contributed by atoms with Gasteiger partial charge < -0.3 is 0 Å². The molecule has 0 saturated carbocycles. The molecule has 0 amide bonds. The van der Waals surface area contributed by atoms with Crippen LogP contribution in [0.2, 0.25) is 0 Å². The van der Waals surface area contributed by atoms with Gasteiger partial charge in [0.1, 0.15) is 0 Å². The lowest BCUT2D eigenvalue weighted by molar-refractivity contribution is 0.103. The van der Waals surface area contributed by atoms with Crippen LogP contribution in [-0.2, 0) is 13.5 Å². The van der Waals surface area contributed by atoms with E-state index in [1.54, 1.807) is 10.9 Å². The van der Waals surface area contributed by atoms with E-state index >= 15 is 0 Å². The molecule has 1 heterocycles. The Morgan fingerprint density at radius 3 is 2.44 bits per heavy atom. The fourth-order valence-corrected chi connectivity index (χ4v) is 1.99. The maximum absolute atomic E-state index is 12.3. The van der Waals surface area contributed by atoms with Crippen molar-refractivity contribution in [2.24, 2.45) is 7.05 Å². The molecule has 1 aromatic carbocycles. The van der Waals surface area contributed by atoms with Crippen molar-refractivity contribution in [1.29, 1.82) is 0 Å². The summed E-state index contributed by atoms with van der Waals surface area (Å²) in [6.07, 6.45) is 3.81. The molecule has 1 aromatic heterocycles. The van der Waals surface area contributed by atoms with Crippen LogP contribution in [0.5, 0.6) is 0 Å².